The molecule has 22 heavy (non-hydrogen) atoms. The van der Waals surface area contributed by atoms with Gasteiger partial charge in [-0.05, 0) is 41.8 Å². The van der Waals surface area contributed by atoms with Gasteiger partial charge in [0.05, 0.1) is 11.0 Å². The van der Waals surface area contributed by atoms with Crippen LogP contribution in [0.15, 0.2) is 42.5 Å². The Balaban J connectivity index is 1.83. The Kier molecular flexibility index (Phi) is 2.46. The Morgan fingerprint density at radius 2 is 2.05 bits per heavy atom. The normalized spacial score (nSPS) is 25.0. The van der Waals surface area contributed by atoms with Crippen molar-refractivity contribution in [1.82, 2.24) is 0 Å². The third-order valence-corrected chi connectivity index (χ3v) is 4.64. The summed E-state index contributed by atoms with van der Waals surface area (Å²) in [7, 11) is 0. The van der Waals surface area contributed by atoms with Gasteiger partial charge in [-0.3, -0.25) is 4.79 Å². The number of carboxylic acid groups (broad SMARTS) is 1. The highest BCUT2D eigenvalue weighted by Gasteiger charge is 2.65. The molecular formula is C17H12FNO3. The number of hydrogen-bond donors (Lipinski definition) is 2. The van der Waals surface area contributed by atoms with Gasteiger partial charge >= 0.3 is 5.97 Å². The Hall–Kier alpha value is -2.69. The van der Waals surface area contributed by atoms with Crippen molar-refractivity contribution in [3.05, 3.63) is 65.0 Å². The number of aromatic carboxylic acids is 1. The number of fused-ring (bicyclic) bond motifs is 2. The predicted octanol–water partition coefficient (Wildman–Crippen LogP) is 2.90. The van der Waals surface area contributed by atoms with E-state index in [9.17, 15) is 14.0 Å². The highest BCUT2D eigenvalue weighted by Crippen LogP contribution is 2.65. The van der Waals surface area contributed by atoms with Crippen LogP contribution in [0.4, 0.5) is 10.1 Å². The van der Waals surface area contributed by atoms with E-state index in [-0.39, 0.29) is 23.2 Å². The molecule has 0 radical (unpaired) electrons. The second-order valence-electron chi connectivity index (χ2n) is 5.77. The lowest BCUT2D eigenvalue weighted by Crippen LogP contribution is -2.21. The molecule has 2 atom stereocenters. The molecule has 1 saturated carbocycles. The molecule has 5 heteroatoms. The number of carbonyl (C=O) groups is 2. The smallest absolute Gasteiger partial charge is 0.335 e. The number of nitrogens with one attached hydrogen (secondary N) is 1. The van der Waals surface area contributed by atoms with Crippen LogP contribution in [0.2, 0.25) is 0 Å². The van der Waals surface area contributed by atoms with E-state index >= 15 is 0 Å². The van der Waals surface area contributed by atoms with Gasteiger partial charge in [0.15, 0.2) is 0 Å². The minimum atomic E-state index is -1.04. The minimum absolute atomic E-state index is 0.133. The number of carbonyl (C=O) groups excluding carboxylic acids is 1. The summed E-state index contributed by atoms with van der Waals surface area (Å²) in [6.45, 7) is 0. The summed E-state index contributed by atoms with van der Waals surface area (Å²) in [4.78, 5) is 23.6. The quantitative estimate of drug-likeness (QED) is 0.895. The van der Waals surface area contributed by atoms with E-state index in [0.717, 1.165) is 0 Å². The molecule has 4 nitrogen and oxygen atoms in total. The van der Waals surface area contributed by atoms with E-state index in [4.69, 9.17) is 5.11 Å². The van der Waals surface area contributed by atoms with Gasteiger partial charge in [0.1, 0.15) is 5.82 Å². The SMILES string of the molecule is O=C(O)c1ccc2c(c1)C1(CC1c1ccccc1F)C(=O)N2. The standard InChI is InChI=1S/C17H12FNO3/c18-13-4-2-1-3-10(13)12-8-17(12)11-7-9(15(20)21)5-6-14(11)19-16(17)22/h1-7,12H,8H2,(H,19,22)(H,20,21). The highest BCUT2D eigenvalue weighted by atomic mass is 19.1. The number of amides is 1. The maximum absolute atomic E-state index is 14.0. The van der Waals surface area contributed by atoms with E-state index in [1.807, 2.05) is 0 Å². The molecule has 2 N–H and O–H groups in total. The number of rotatable bonds is 2. The van der Waals surface area contributed by atoms with Crippen molar-refractivity contribution in [2.24, 2.45) is 0 Å². The zero-order valence-corrected chi connectivity index (χ0v) is 11.5. The molecule has 0 bridgehead atoms. The van der Waals surface area contributed by atoms with E-state index in [0.29, 0.717) is 23.2 Å². The average Bonchev–Trinajstić information content (AvgIpc) is 3.17. The van der Waals surface area contributed by atoms with Gasteiger partial charge in [0.25, 0.3) is 0 Å². The van der Waals surface area contributed by atoms with Gasteiger partial charge in [0.2, 0.25) is 5.91 Å². The topological polar surface area (TPSA) is 66.4 Å². The summed E-state index contributed by atoms with van der Waals surface area (Å²) in [6.07, 6.45) is 0.496. The lowest BCUT2D eigenvalue weighted by Gasteiger charge is -2.10. The Bertz CT molecular complexity index is 832. The molecule has 1 aliphatic heterocycles. The molecule has 2 aromatic carbocycles. The molecule has 2 unspecified atom stereocenters. The molecule has 1 aliphatic carbocycles. The molecule has 2 aliphatic rings. The Morgan fingerprint density at radius 1 is 1.27 bits per heavy atom. The van der Waals surface area contributed by atoms with Gasteiger partial charge in [-0.1, -0.05) is 18.2 Å². The van der Waals surface area contributed by atoms with Crippen molar-refractivity contribution in [3.63, 3.8) is 0 Å². The number of carboxylic acids is 1. The molecular weight excluding hydrogens is 285 g/mol. The minimum Gasteiger partial charge on any atom is -0.478 e. The van der Waals surface area contributed by atoms with Gasteiger partial charge < -0.3 is 10.4 Å². The van der Waals surface area contributed by atoms with Crippen LogP contribution in [0.5, 0.6) is 0 Å². The third kappa shape index (κ3) is 1.56. The molecule has 1 fully saturated rings. The van der Waals surface area contributed by atoms with Crippen molar-refractivity contribution in [2.45, 2.75) is 17.8 Å². The maximum atomic E-state index is 14.0. The van der Waals surface area contributed by atoms with Gasteiger partial charge in [-0.15, -0.1) is 0 Å². The van der Waals surface area contributed by atoms with Gasteiger partial charge in [0, 0.05) is 11.6 Å². The molecule has 1 heterocycles. The van der Waals surface area contributed by atoms with Crippen LogP contribution in [0.25, 0.3) is 0 Å². The van der Waals surface area contributed by atoms with Crippen LogP contribution in [-0.2, 0) is 10.2 Å². The maximum Gasteiger partial charge on any atom is 0.335 e. The summed E-state index contributed by atoms with van der Waals surface area (Å²) in [5, 5.41) is 11.9. The monoisotopic (exact) mass is 297 g/mol. The van der Waals surface area contributed by atoms with Crippen LogP contribution in [-0.4, -0.2) is 17.0 Å². The van der Waals surface area contributed by atoms with Crippen LogP contribution in [0.3, 0.4) is 0 Å². The van der Waals surface area contributed by atoms with Gasteiger partial charge in [-0.25, -0.2) is 9.18 Å². The van der Waals surface area contributed by atoms with Crippen LogP contribution in [0.1, 0.15) is 33.8 Å². The van der Waals surface area contributed by atoms with Crippen LogP contribution < -0.4 is 5.32 Å². The number of halogens is 1. The first kappa shape index (κ1) is 13.0. The lowest BCUT2D eigenvalue weighted by molar-refractivity contribution is -0.118. The summed E-state index contributed by atoms with van der Waals surface area (Å²) in [5.74, 6) is -1.81. The first-order valence-corrected chi connectivity index (χ1v) is 6.98. The molecule has 110 valence electrons. The van der Waals surface area contributed by atoms with E-state index < -0.39 is 11.4 Å². The van der Waals surface area contributed by atoms with E-state index in [1.165, 1.54) is 18.2 Å². The molecule has 0 aromatic heterocycles. The molecule has 4 rings (SSSR count). The second-order valence-corrected chi connectivity index (χ2v) is 5.77. The highest BCUT2D eigenvalue weighted by molar-refractivity contribution is 6.10. The summed E-state index contributed by atoms with van der Waals surface area (Å²) in [5.41, 5.74) is 1.09. The molecule has 1 spiro atoms. The van der Waals surface area contributed by atoms with Crippen molar-refractivity contribution in [2.75, 3.05) is 5.32 Å². The third-order valence-electron chi connectivity index (χ3n) is 4.64. The summed E-state index contributed by atoms with van der Waals surface area (Å²) < 4.78 is 14.0. The average molecular weight is 297 g/mol. The largest absolute Gasteiger partial charge is 0.478 e. The molecule has 1 amide bonds. The predicted molar refractivity (Wildman–Crippen MR) is 77.5 cm³/mol. The first-order valence-electron chi connectivity index (χ1n) is 6.98. The Labute approximate surface area is 125 Å². The van der Waals surface area contributed by atoms with Crippen LogP contribution in [0, 0.1) is 5.82 Å². The lowest BCUT2D eigenvalue weighted by atomic mass is 9.91. The fraction of sp³-hybridized carbons (Fsp3) is 0.176. The fourth-order valence-electron chi connectivity index (χ4n) is 3.46. The van der Waals surface area contributed by atoms with Crippen LogP contribution >= 0.6 is 0 Å². The van der Waals surface area contributed by atoms with Crippen molar-refractivity contribution >= 4 is 17.6 Å². The van der Waals surface area contributed by atoms with Crippen molar-refractivity contribution in [3.8, 4) is 0 Å². The second kappa shape index (κ2) is 4.16. The zero-order valence-electron chi connectivity index (χ0n) is 11.5. The summed E-state index contributed by atoms with van der Waals surface area (Å²) in [6, 6.07) is 11.0. The van der Waals surface area contributed by atoms with E-state index in [1.54, 1.807) is 24.3 Å². The number of anilines is 1. The Morgan fingerprint density at radius 3 is 2.77 bits per heavy atom. The molecule has 2 aromatic rings. The van der Waals surface area contributed by atoms with Crippen molar-refractivity contribution in [1.29, 1.82) is 0 Å². The van der Waals surface area contributed by atoms with Gasteiger partial charge in [-0.2, -0.15) is 0 Å². The molecule has 0 saturated heterocycles. The fourth-order valence-corrected chi connectivity index (χ4v) is 3.46. The summed E-state index contributed by atoms with van der Waals surface area (Å²) >= 11 is 0. The van der Waals surface area contributed by atoms with E-state index in [2.05, 4.69) is 5.32 Å². The first-order chi connectivity index (χ1) is 10.5. The van der Waals surface area contributed by atoms with Crippen molar-refractivity contribution < 1.29 is 19.1 Å². The zero-order chi connectivity index (χ0) is 15.5. The number of benzene rings is 2. The number of hydrogen-bond acceptors (Lipinski definition) is 2.